The molecule has 310 valence electrons. The maximum absolute atomic E-state index is 14.4. The molecule has 2 aromatic rings. The summed E-state index contributed by atoms with van der Waals surface area (Å²) in [5.74, 6) is -8.00. The van der Waals surface area contributed by atoms with E-state index < -0.39 is 107 Å². The Labute approximate surface area is 325 Å². The molecule has 0 aromatic heterocycles. The van der Waals surface area contributed by atoms with Crippen LogP contribution in [0.2, 0.25) is 0 Å². The van der Waals surface area contributed by atoms with Gasteiger partial charge in [0.05, 0.1) is 6.26 Å². The number of alkyl halides is 4. The molecule has 0 saturated carbocycles. The highest BCUT2D eigenvalue weighted by atomic mass is 79.9. The second-order valence-corrected chi connectivity index (χ2v) is 21.1. The molecule has 0 fully saturated rings. The van der Waals surface area contributed by atoms with Gasteiger partial charge in [-0.3, -0.25) is 0 Å². The number of hydrogen-bond donors (Lipinski definition) is 0. The number of rotatable bonds is 16. The van der Waals surface area contributed by atoms with E-state index in [4.69, 9.17) is 12.5 Å². The van der Waals surface area contributed by atoms with Gasteiger partial charge in [0.25, 0.3) is 10.1 Å². The van der Waals surface area contributed by atoms with Crippen LogP contribution in [0.25, 0.3) is 0 Å². The summed E-state index contributed by atoms with van der Waals surface area (Å²) in [4.78, 5) is -0.575. The Balaban J connectivity index is 2.52. The van der Waals surface area contributed by atoms with Gasteiger partial charge in [-0.2, -0.15) is 55.3 Å². The zero-order valence-corrected chi connectivity index (χ0v) is 35.4. The van der Waals surface area contributed by atoms with Crippen molar-refractivity contribution >= 4 is 66.9 Å². The first kappa shape index (κ1) is 46.6. The van der Waals surface area contributed by atoms with Crippen molar-refractivity contribution in [2.75, 3.05) is 6.26 Å². The van der Waals surface area contributed by atoms with Crippen molar-refractivity contribution < 1.29 is 80.1 Å². The molecule has 2 atom stereocenters. The first-order chi connectivity index (χ1) is 24.7. The van der Waals surface area contributed by atoms with Crippen LogP contribution in [0.5, 0.6) is 0 Å². The van der Waals surface area contributed by atoms with Gasteiger partial charge in [-0.1, -0.05) is 87.9 Å². The fourth-order valence-electron chi connectivity index (χ4n) is 4.92. The predicted octanol–water partition coefficient (Wildman–Crippen LogP) is 5.95. The standard InChI is InChI=1S/C30H35BrF4O15S5/c1-17(2)21-13-22(18(3)4)27(23(14-21)19(5)6)53(40,41)46-24-15-25(47-51(7,36)37)29(31,50-52(38,39)16-20-11-9-8-10-12-20)28(26(24)48-55(35,44)45)49-54(42,43)30(32,33)34/h8-15,17-19,28H,16H2,1-7H3. The molecule has 2 aromatic carbocycles. The van der Waals surface area contributed by atoms with Crippen LogP contribution in [-0.4, -0.2) is 64.5 Å². The third-order valence-corrected chi connectivity index (χ3v) is 12.9. The molecule has 1 aliphatic carbocycles. The maximum Gasteiger partial charge on any atom is 0.523 e. The molecule has 55 heavy (non-hydrogen) atoms. The topological polar surface area (TPSA) is 217 Å². The van der Waals surface area contributed by atoms with Crippen molar-refractivity contribution in [1.29, 1.82) is 0 Å². The minimum atomic E-state index is -7.08. The van der Waals surface area contributed by atoms with Gasteiger partial charge in [-0.05, 0) is 55.9 Å². The monoisotopic (exact) mass is 950 g/mol. The van der Waals surface area contributed by atoms with Crippen LogP contribution in [0, 0.1) is 0 Å². The summed E-state index contributed by atoms with van der Waals surface area (Å²) >= 11 is 2.48. The normalized spacial score (nSPS) is 19.2. The average Bonchev–Trinajstić information content (AvgIpc) is 2.98. The Kier molecular flexibility index (Phi) is 13.7. The summed E-state index contributed by atoms with van der Waals surface area (Å²) in [6.07, 6.45) is -3.29. The van der Waals surface area contributed by atoms with Crippen LogP contribution >= 0.6 is 15.9 Å². The van der Waals surface area contributed by atoms with Crippen LogP contribution in [0.1, 0.15) is 81.5 Å². The lowest BCUT2D eigenvalue weighted by atomic mass is 9.89. The van der Waals surface area contributed by atoms with Gasteiger partial charge in [0.1, 0.15) is 10.6 Å². The van der Waals surface area contributed by atoms with Gasteiger partial charge in [-0.25, -0.2) is 8.37 Å². The summed E-state index contributed by atoms with van der Waals surface area (Å²) in [5.41, 5.74) is -5.62. The minimum absolute atomic E-state index is 0.0541. The summed E-state index contributed by atoms with van der Waals surface area (Å²) in [6.45, 7) is 9.96. The van der Waals surface area contributed by atoms with E-state index in [1.165, 1.54) is 42.5 Å². The zero-order valence-electron chi connectivity index (χ0n) is 29.7. The third-order valence-electron chi connectivity index (χ3n) is 7.32. The molecule has 0 saturated heterocycles. The van der Waals surface area contributed by atoms with E-state index in [1.54, 1.807) is 41.5 Å². The molecular formula is C30H35BrF4O15S5. The van der Waals surface area contributed by atoms with E-state index >= 15 is 0 Å². The molecule has 0 heterocycles. The predicted molar refractivity (Wildman–Crippen MR) is 191 cm³/mol. The number of benzene rings is 2. The highest BCUT2D eigenvalue weighted by Crippen LogP contribution is 2.49. The number of halogens is 5. The van der Waals surface area contributed by atoms with Crippen LogP contribution in [0.3, 0.4) is 0 Å². The Morgan fingerprint density at radius 3 is 1.71 bits per heavy atom. The minimum Gasteiger partial charge on any atom is -0.383 e. The van der Waals surface area contributed by atoms with Gasteiger partial charge in [-0.15, -0.1) is 0 Å². The molecule has 0 aliphatic heterocycles. The van der Waals surface area contributed by atoms with E-state index in [1.807, 2.05) is 0 Å². The van der Waals surface area contributed by atoms with Gasteiger partial charge in [0, 0.05) is 6.08 Å². The molecule has 3 rings (SSSR count). The smallest absolute Gasteiger partial charge is 0.383 e. The highest BCUT2D eigenvalue weighted by Gasteiger charge is 2.61. The molecule has 2 unspecified atom stereocenters. The summed E-state index contributed by atoms with van der Waals surface area (Å²) < 4.78 is 204. The molecule has 0 radical (unpaired) electrons. The van der Waals surface area contributed by atoms with E-state index in [0.29, 0.717) is 11.8 Å². The van der Waals surface area contributed by atoms with Gasteiger partial charge in [0.15, 0.2) is 17.6 Å². The van der Waals surface area contributed by atoms with Crippen molar-refractivity contribution in [3.8, 4) is 0 Å². The van der Waals surface area contributed by atoms with Gasteiger partial charge < -0.3 is 12.5 Å². The second-order valence-electron chi connectivity index (χ2n) is 12.8. The van der Waals surface area contributed by atoms with Gasteiger partial charge >= 0.3 is 46.4 Å². The Morgan fingerprint density at radius 1 is 0.782 bits per heavy atom. The molecule has 15 nitrogen and oxygen atoms in total. The molecule has 0 amide bonds. The molecule has 1 aliphatic rings. The lowest BCUT2D eigenvalue weighted by molar-refractivity contribution is -0.0629. The van der Waals surface area contributed by atoms with Gasteiger partial charge in [0.2, 0.25) is 10.3 Å². The average molecular weight is 952 g/mol. The van der Waals surface area contributed by atoms with Crippen molar-refractivity contribution in [3.63, 3.8) is 0 Å². The molecular weight excluding hydrogens is 917 g/mol. The Hall–Kier alpha value is -2.81. The SMILES string of the molecule is CC(C)c1cc(C(C)C)c(S(=O)(=O)OC2=C(OS(=O)(=O)F)C(OS(=O)(=O)C(F)(F)F)C(Br)(OS(=O)(=O)Cc3ccccc3)C(OS(C)(=O)=O)=C2)c(C(C)C)c1. The Morgan fingerprint density at radius 2 is 1.29 bits per heavy atom. The first-order valence-electron chi connectivity index (χ1n) is 15.5. The molecule has 0 spiro atoms. The largest absolute Gasteiger partial charge is 0.523 e. The molecule has 0 N–H and O–H groups in total. The lowest BCUT2D eigenvalue weighted by Crippen LogP contribution is -2.51. The van der Waals surface area contributed by atoms with Crippen LogP contribution in [-0.2, 0) is 77.6 Å². The van der Waals surface area contributed by atoms with Crippen LogP contribution < -0.4 is 0 Å². The van der Waals surface area contributed by atoms with E-state index in [0.717, 1.165) is 0 Å². The number of hydrogen-bond acceptors (Lipinski definition) is 15. The second kappa shape index (κ2) is 16.2. The highest BCUT2D eigenvalue weighted by molar-refractivity contribution is 9.10. The fourth-order valence-corrected chi connectivity index (χ4v) is 10.5. The zero-order chi connectivity index (χ0) is 42.3. The van der Waals surface area contributed by atoms with Crippen LogP contribution in [0.4, 0.5) is 17.1 Å². The summed E-state index contributed by atoms with van der Waals surface area (Å²) in [5, 5.41) is 0. The Bertz CT molecular complexity index is 2380. The van der Waals surface area contributed by atoms with Crippen molar-refractivity contribution in [2.45, 2.75) is 86.1 Å². The molecule has 25 heteroatoms. The summed E-state index contributed by atoms with van der Waals surface area (Å²) in [7, 11) is -29.4. The first-order valence-corrected chi connectivity index (χ1v) is 23.8. The third kappa shape index (κ3) is 11.6. The number of allylic oxidation sites excluding steroid dienone is 1. The van der Waals surface area contributed by atoms with Crippen molar-refractivity contribution in [2.24, 2.45) is 0 Å². The van der Waals surface area contributed by atoms with Crippen molar-refractivity contribution in [1.82, 2.24) is 0 Å². The maximum atomic E-state index is 14.4. The van der Waals surface area contributed by atoms with E-state index in [9.17, 15) is 59.1 Å². The van der Waals surface area contributed by atoms with E-state index in [2.05, 4.69) is 24.3 Å². The van der Waals surface area contributed by atoms with E-state index in [-0.39, 0.29) is 28.7 Å². The lowest BCUT2D eigenvalue weighted by Gasteiger charge is -2.37. The van der Waals surface area contributed by atoms with Crippen LogP contribution in [0.15, 0.2) is 70.7 Å². The summed E-state index contributed by atoms with van der Waals surface area (Å²) in [6, 6.07) is 9.62. The van der Waals surface area contributed by atoms with Crippen molar-refractivity contribution in [3.05, 3.63) is 88.1 Å². The fraction of sp³-hybridized carbons (Fsp3) is 0.467. The quantitative estimate of drug-likeness (QED) is 0.0625. The molecule has 0 bridgehead atoms.